The number of amides is 3. The van der Waals surface area contributed by atoms with E-state index >= 15 is 0 Å². The highest BCUT2D eigenvalue weighted by molar-refractivity contribution is 6.25. The van der Waals surface area contributed by atoms with Crippen molar-refractivity contribution < 1.29 is 14.4 Å². The Labute approximate surface area is 203 Å². The predicted octanol–water partition coefficient (Wildman–Crippen LogP) is 3.90. The molecule has 3 aromatic rings. The summed E-state index contributed by atoms with van der Waals surface area (Å²) in [6, 6.07) is 11.0. The van der Waals surface area contributed by atoms with Crippen molar-refractivity contribution in [1.29, 1.82) is 0 Å². The van der Waals surface area contributed by atoms with Crippen LogP contribution in [0, 0.1) is 0 Å². The maximum Gasteiger partial charge on any atom is 0.261 e. The first-order valence-electron chi connectivity index (χ1n) is 12.7. The van der Waals surface area contributed by atoms with Crippen molar-refractivity contribution in [2.45, 2.75) is 64.0 Å². The van der Waals surface area contributed by atoms with Crippen molar-refractivity contribution in [3.8, 4) is 0 Å². The van der Waals surface area contributed by atoms with Crippen LogP contribution in [-0.4, -0.2) is 55.4 Å². The zero-order valence-corrected chi connectivity index (χ0v) is 19.8. The smallest absolute Gasteiger partial charge is 0.261 e. The summed E-state index contributed by atoms with van der Waals surface area (Å²) in [4.78, 5) is 42.7. The summed E-state index contributed by atoms with van der Waals surface area (Å²) in [7, 11) is 0. The molecule has 0 spiro atoms. The third-order valence-corrected chi connectivity index (χ3v) is 7.64. The molecule has 2 aromatic carbocycles. The number of benzene rings is 2. The normalized spacial score (nSPS) is 19.8. The van der Waals surface area contributed by atoms with Gasteiger partial charge in [-0.3, -0.25) is 19.3 Å². The molecule has 3 aliphatic heterocycles. The highest BCUT2D eigenvalue weighted by Gasteiger charge is 2.35. The fourth-order valence-corrected chi connectivity index (χ4v) is 5.90. The average molecular weight is 472 g/mol. The largest absolute Gasteiger partial charge is 0.332 e. The van der Waals surface area contributed by atoms with E-state index in [0.717, 1.165) is 61.1 Å². The van der Waals surface area contributed by atoms with Crippen LogP contribution >= 0.6 is 0 Å². The van der Waals surface area contributed by atoms with E-state index in [9.17, 15) is 14.4 Å². The summed E-state index contributed by atoms with van der Waals surface area (Å²) in [5.41, 5.74) is 1.10. The zero-order valence-electron chi connectivity index (χ0n) is 19.8. The Bertz CT molecular complexity index is 1280. The summed E-state index contributed by atoms with van der Waals surface area (Å²) in [5, 5.41) is 10.5. The zero-order chi connectivity index (χ0) is 23.9. The fraction of sp³-hybridized carbons (Fsp3) is 0.444. The van der Waals surface area contributed by atoms with Crippen LogP contribution in [0.4, 0.5) is 0 Å². The van der Waals surface area contributed by atoms with E-state index in [-0.39, 0.29) is 30.3 Å². The second-order valence-corrected chi connectivity index (χ2v) is 9.76. The van der Waals surface area contributed by atoms with Gasteiger partial charge in [0.05, 0.1) is 6.04 Å². The lowest BCUT2D eigenvalue weighted by atomic mass is 9.94. The first-order valence-corrected chi connectivity index (χ1v) is 12.7. The van der Waals surface area contributed by atoms with Gasteiger partial charge in [-0.15, -0.1) is 10.2 Å². The van der Waals surface area contributed by atoms with E-state index in [2.05, 4.69) is 14.8 Å². The number of likely N-dealkylation sites (tertiary alicyclic amines) is 1. The molecule has 8 heteroatoms. The monoisotopic (exact) mass is 471 g/mol. The SMILES string of the molecule is O=C1c2cccc3cccc(c23)C(=O)N1CCCC(=O)N1CCCC1c1nnc2n1CCCCC2. The summed E-state index contributed by atoms with van der Waals surface area (Å²) in [6.07, 6.45) is 6.98. The van der Waals surface area contributed by atoms with Gasteiger partial charge in [0.25, 0.3) is 11.8 Å². The first-order chi connectivity index (χ1) is 17.1. The third-order valence-electron chi connectivity index (χ3n) is 7.64. The van der Waals surface area contributed by atoms with Gasteiger partial charge >= 0.3 is 0 Å². The minimum atomic E-state index is -0.281. The number of hydrogen-bond donors (Lipinski definition) is 0. The van der Waals surface area contributed by atoms with E-state index in [1.807, 2.05) is 29.2 Å². The maximum absolute atomic E-state index is 13.2. The molecule has 3 aliphatic rings. The molecule has 1 atom stereocenters. The lowest BCUT2D eigenvalue weighted by Crippen LogP contribution is -2.41. The van der Waals surface area contributed by atoms with Crippen molar-refractivity contribution >= 4 is 28.5 Å². The van der Waals surface area contributed by atoms with Gasteiger partial charge in [-0.25, -0.2) is 0 Å². The van der Waals surface area contributed by atoms with Crippen LogP contribution in [0.25, 0.3) is 10.8 Å². The van der Waals surface area contributed by atoms with Gasteiger partial charge in [-0.2, -0.15) is 0 Å². The Hall–Kier alpha value is -3.55. The minimum absolute atomic E-state index is 0.0374. The van der Waals surface area contributed by atoms with Crippen LogP contribution < -0.4 is 0 Å². The molecule has 1 aromatic heterocycles. The molecule has 6 rings (SSSR count). The number of aryl methyl sites for hydroxylation is 1. The molecule has 35 heavy (non-hydrogen) atoms. The van der Waals surface area contributed by atoms with Crippen molar-refractivity contribution in [1.82, 2.24) is 24.6 Å². The number of fused-ring (bicyclic) bond motifs is 1. The molecule has 1 unspecified atom stereocenters. The molecule has 1 saturated heterocycles. The molecule has 0 radical (unpaired) electrons. The number of nitrogens with zero attached hydrogens (tertiary/aromatic N) is 5. The van der Waals surface area contributed by atoms with E-state index in [1.54, 1.807) is 12.1 Å². The third kappa shape index (κ3) is 3.72. The van der Waals surface area contributed by atoms with Crippen molar-refractivity contribution in [3.05, 3.63) is 59.2 Å². The molecule has 180 valence electrons. The molecule has 8 nitrogen and oxygen atoms in total. The molecule has 1 fully saturated rings. The van der Waals surface area contributed by atoms with E-state index in [4.69, 9.17) is 0 Å². The number of carbonyl (C=O) groups is 3. The van der Waals surface area contributed by atoms with Crippen LogP contribution in [-0.2, 0) is 17.8 Å². The predicted molar refractivity (Wildman–Crippen MR) is 130 cm³/mol. The van der Waals surface area contributed by atoms with Gasteiger partial charge < -0.3 is 9.47 Å². The molecule has 0 aliphatic carbocycles. The van der Waals surface area contributed by atoms with Crippen LogP contribution in [0.1, 0.15) is 83.4 Å². The Morgan fingerprint density at radius 1 is 0.914 bits per heavy atom. The van der Waals surface area contributed by atoms with Crippen molar-refractivity contribution in [3.63, 3.8) is 0 Å². The molecular formula is C27H29N5O3. The van der Waals surface area contributed by atoms with Crippen LogP contribution in [0.3, 0.4) is 0 Å². The summed E-state index contributed by atoms with van der Waals surface area (Å²) >= 11 is 0. The van der Waals surface area contributed by atoms with Crippen LogP contribution in [0.2, 0.25) is 0 Å². The minimum Gasteiger partial charge on any atom is -0.332 e. The highest BCUT2D eigenvalue weighted by atomic mass is 16.2. The quantitative estimate of drug-likeness (QED) is 0.527. The van der Waals surface area contributed by atoms with Gasteiger partial charge in [-0.05, 0) is 49.6 Å². The van der Waals surface area contributed by atoms with Gasteiger partial charge in [0, 0.05) is 49.0 Å². The Morgan fingerprint density at radius 2 is 1.69 bits per heavy atom. The van der Waals surface area contributed by atoms with E-state index < -0.39 is 0 Å². The number of hydrogen-bond acceptors (Lipinski definition) is 5. The van der Waals surface area contributed by atoms with Gasteiger partial charge in [0.15, 0.2) is 5.82 Å². The van der Waals surface area contributed by atoms with Gasteiger partial charge in [-0.1, -0.05) is 30.7 Å². The number of carbonyl (C=O) groups excluding carboxylic acids is 3. The average Bonchev–Trinajstić information content (AvgIpc) is 3.45. The van der Waals surface area contributed by atoms with Crippen LogP contribution in [0.15, 0.2) is 36.4 Å². The van der Waals surface area contributed by atoms with Gasteiger partial charge in [0.2, 0.25) is 5.91 Å². The summed E-state index contributed by atoms with van der Waals surface area (Å²) in [5.74, 6) is 1.44. The Kier molecular flexibility index (Phi) is 5.59. The lowest BCUT2D eigenvalue weighted by Gasteiger charge is -2.28. The number of aromatic nitrogens is 3. The molecule has 0 bridgehead atoms. The lowest BCUT2D eigenvalue weighted by molar-refractivity contribution is -0.132. The number of imide groups is 1. The first kappa shape index (κ1) is 21.9. The Balaban J connectivity index is 1.14. The van der Waals surface area contributed by atoms with Crippen molar-refractivity contribution in [2.24, 2.45) is 0 Å². The Morgan fingerprint density at radius 3 is 2.46 bits per heavy atom. The molecule has 4 heterocycles. The van der Waals surface area contributed by atoms with Crippen LogP contribution in [0.5, 0.6) is 0 Å². The fourth-order valence-electron chi connectivity index (χ4n) is 5.90. The van der Waals surface area contributed by atoms with E-state index in [0.29, 0.717) is 30.5 Å². The second-order valence-electron chi connectivity index (χ2n) is 9.76. The highest BCUT2D eigenvalue weighted by Crippen LogP contribution is 2.33. The second kappa shape index (κ2) is 8.91. The van der Waals surface area contributed by atoms with Gasteiger partial charge in [0.1, 0.15) is 5.82 Å². The summed E-state index contributed by atoms with van der Waals surface area (Å²) in [6.45, 7) is 1.86. The number of rotatable bonds is 5. The molecular weight excluding hydrogens is 442 g/mol. The standard InChI is InChI=1S/C27H29N5O3/c33-23(30-16-6-12-21(30)25-29-28-22-13-2-1-3-15-31(22)25)14-7-17-32-26(34)19-10-4-8-18-9-5-11-20(24(18)19)27(32)35/h4-5,8-11,21H,1-3,6-7,12-17H2. The summed E-state index contributed by atoms with van der Waals surface area (Å²) < 4.78 is 2.23. The molecule has 0 saturated carbocycles. The maximum atomic E-state index is 13.2. The topological polar surface area (TPSA) is 88.4 Å². The van der Waals surface area contributed by atoms with Crippen molar-refractivity contribution in [2.75, 3.05) is 13.1 Å². The van der Waals surface area contributed by atoms with E-state index in [1.165, 1.54) is 11.3 Å². The molecule has 0 N–H and O–H groups in total. The molecule has 3 amide bonds.